The summed E-state index contributed by atoms with van der Waals surface area (Å²) < 4.78 is 13.2. The summed E-state index contributed by atoms with van der Waals surface area (Å²) >= 11 is 0. The number of benzene rings is 2. The van der Waals surface area contributed by atoms with E-state index in [9.17, 15) is 4.39 Å². The lowest BCUT2D eigenvalue weighted by molar-refractivity contribution is 0.260. The molecule has 3 heterocycles. The standard InChI is InChI=1S/C26H26FN5/c27-23-9-6-21(7-10-23)24-19-29-26(30-24)22-8-11-25(28-18-22)32-16-14-31(15-17-32)13-12-20-4-2-1-3-5-20/h1-11,18-19H,12-17H2,(H,29,30). The van der Waals surface area contributed by atoms with Crippen LogP contribution in [0.15, 0.2) is 79.1 Å². The summed E-state index contributed by atoms with van der Waals surface area (Å²) in [5.41, 5.74) is 4.09. The van der Waals surface area contributed by atoms with Gasteiger partial charge in [0.1, 0.15) is 17.5 Å². The molecule has 0 bridgehead atoms. The molecule has 1 aliphatic rings. The molecule has 5 rings (SSSR count). The molecule has 5 nitrogen and oxygen atoms in total. The topological polar surface area (TPSA) is 48.1 Å². The molecule has 0 aliphatic carbocycles. The predicted molar refractivity (Wildman–Crippen MR) is 126 cm³/mol. The van der Waals surface area contributed by atoms with Crippen LogP contribution in [0.3, 0.4) is 0 Å². The first-order valence-corrected chi connectivity index (χ1v) is 11.0. The van der Waals surface area contributed by atoms with Gasteiger partial charge in [0.2, 0.25) is 0 Å². The summed E-state index contributed by atoms with van der Waals surface area (Å²) in [6, 6.07) is 21.2. The van der Waals surface area contributed by atoms with E-state index < -0.39 is 0 Å². The predicted octanol–water partition coefficient (Wildman–Crippen LogP) is 4.64. The molecule has 1 N–H and O–H groups in total. The van der Waals surface area contributed by atoms with Gasteiger partial charge in [-0.25, -0.2) is 14.4 Å². The van der Waals surface area contributed by atoms with Crippen LogP contribution in [-0.2, 0) is 6.42 Å². The van der Waals surface area contributed by atoms with E-state index in [1.54, 1.807) is 18.3 Å². The monoisotopic (exact) mass is 427 g/mol. The van der Waals surface area contributed by atoms with Crippen molar-refractivity contribution in [2.75, 3.05) is 37.6 Å². The van der Waals surface area contributed by atoms with E-state index in [1.165, 1.54) is 17.7 Å². The molecule has 0 radical (unpaired) electrons. The van der Waals surface area contributed by atoms with E-state index >= 15 is 0 Å². The van der Waals surface area contributed by atoms with Crippen molar-refractivity contribution in [1.29, 1.82) is 0 Å². The maximum atomic E-state index is 13.2. The Morgan fingerprint density at radius 3 is 2.25 bits per heavy atom. The number of hydrogen-bond donors (Lipinski definition) is 1. The largest absolute Gasteiger partial charge is 0.354 e. The summed E-state index contributed by atoms with van der Waals surface area (Å²) in [5.74, 6) is 1.51. The summed E-state index contributed by atoms with van der Waals surface area (Å²) in [6.07, 6.45) is 4.73. The molecule has 1 fully saturated rings. The first-order valence-electron chi connectivity index (χ1n) is 11.0. The van der Waals surface area contributed by atoms with Gasteiger partial charge >= 0.3 is 0 Å². The molecule has 6 heteroatoms. The van der Waals surface area contributed by atoms with Crippen LogP contribution < -0.4 is 4.90 Å². The van der Waals surface area contributed by atoms with Gasteiger partial charge in [0, 0.05) is 44.5 Å². The highest BCUT2D eigenvalue weighted by molar-refractivity contribution is 5.64. The van der Waals surface area contributed by atoms with Crippen LogP contribution in [0.25, 0.3) is 22.6 Å². The van der Waals surface area contributed by atoms with E-state index in [0.717, 1.165) is 67.6 Å². The normalized spacial score (nSPS) is 14.6. The smallest absolute Gasteiger partial charge is 0.139 e. The van der Waals surface area contributed by atoms with Crippen LogP contribution in [0, 0.1) is 5.82 Å². The van der Waals surface area contributed by atoms with Gasteiger partial charge in [-0.05, 0) is 53.9 Å². The minimum absolute atomic E-state index is 0.245. The Morgan fingerprint density at radius 2 is 1.53 bits per heavy atom. The fraction of sp³-hybridized carbons (Fsp3) is 0.231. The Balaban J connectivity index is 1.17. The summed E-state index contributed by atoms with van der Waals surface area (Å²) in [5, 5.41) is 0. The van der Waals surface area contributed by atoms with Crippen LogP contribution in [0.1, 0.15) is 5.56 Å². The second-order valence-electron chi connectivity index (χ2n) is 8.12. The number of anilines is 1. The zero-order valence-electron chi connectivity index (χ0n) is 17.9. The number of aromatic nitrogens is 3. The average molecular weight is 428 g/mol. The molecular weight excluding hydrogens is 401 g/mol. The lowest BCUT2D eigenvalue weighted by Gasteiger charge is -2.35. The summed E-state index contributed by atoms with van der Waals surface area (Å²) in [7, 11) is 0. The molecule has 2 aromatic heterocycles. The molecule has 32 heavy (non-hydrogen) atoms. The Morgan fingerprint density at radius 1 is 0.781 bits per heavy atom. The minimum Gasteiger partial charge on any atom is -0.354 e. The number of rotatable bonds is 6. The number of nitrogens with zero attached hydrogens (tertiary/aromatic N) is 4. The van der Waals surface area contributed by atoms with Crippen LogP contribution in [0.4, 0.5) is 10.2 Å². The number of H-pyrrole nitrogens is 1. The van der Waals surface area contributed by atoms with E-state index in [2.05, 4.69) is 67.2 Å². The third-order valence-electron chi connectivity index (χ3n) is 6.01. The van der Waals surface area contributed by atoms with E-state index in [0.29, 0.717) is 0 Å². The van der Waals surface area contributed by atoms with Crippen molar-refractivity contribution < 1.29 is 4.39 Å². The molecule has 0 spiro atoms. The zero-order valence-corrected chi connectivity index (χ0v) is 17.9. The highest BCUT2D eigenvalue weighted by atomic mass is 19.1. The lowest BCUT2D eigenvalue weighted by atomic mass is 10.1. The number of aromatic amines is 1. The molecule has 162 valence electrons. The van der Waals surface area contributed by atoms with Crippen molar-refractivity contribution in [2.24, 2.45) is 0 Å². The van der Waals surface area contributed by atoms with Crippen molar-refractivity contribution in [3.63, 3.8) is 0 Å². The number of piperazine rings is 1. The van der Waals surface area contributed by atoms with Crippen LogP contribution >= 0.6 is 0 Å². The van der Waals surface area contributed by atoms with Gasteiger partial charge in [-0.2, -0.15) is 0 Å². The summed E-state index contributed by atoms with van der Waals surface area (Å²) in [6.45, 7) is 5.16. The molecule has 0 unspecified atom stereocenters. The average Bonchev–Trinajstić information content (AvgIpc) is 3.35. The third-order valence-corrected chi connectivity index (χ3v) is 6.01. The molecule has 0 amide bonds. The fourth-order valence-electron chi connectivity index (χ4n) is 4.09. The van der Waals surface area contributed by atoms with Crippen molar-refractivity contribution in [3.05, 3.63) is 90.5 Å². The Bertz CT molecular complexity index is 1130. The first-order chi connectivity index (χ1) is 15.7. The van der Waals surface area contributed by atoms with Gasteiger partial charge in [-0.3, -0.25) is 4.90 Å². The lowest BCUT2D eigenvalue weighted by Crippen LogP contribution is -2.47. The van der Waals surface area contributed by atoms with Gasteiger partial charge in [0.25, 0.3) is 0 Å². The number of hydrogen-bond acceptors (Lipinski definition) is 4. The molecule has 2 aromatic carbocycles. The summed E-state index contributed by atoms with van der Waals surface area (Å²) in [4.78, 5) is 17.3. The second-order valence-corrected chi connectivity index (χ2v) is 8.12. The molecular formula is C26H26FN5. The highest BCUT2D eigenvalue weighted by Gasteiger charge is 2.18. The molecule has 0 saturated carbocycles. The van der Waals surface area contributed by atoms with Crippen molar-refractivity contribution >= 4 is 5.82 Å². The van der Waals surface area contributed by atoms with Crippen molar-refractivity contribution in [3.8, 4) is 22.6 Å². The molecule has 0 atom stereocenters. The molecule has 1 aliphatic heterocycles. The van der Waals surface area contributed by atoms with E-state index in [1.807, 2.05) is 6.20 Å². The molecule has 1 saturated heterocycles. The number of halogens is 1. The number of nitrogens with one attached hydrogen (secondary N) is 1. The van der Waals surface area contributed by atoms with Gasteiger partial charge in [-0.15, -0.1) is 0 Å². The van der Waals surface area contributed by atoms with Crippen LogP contribution in [0.2, 0.25) is 0 Å². The first kappa shape index (κ1) is 20.4. The highest BCUT2D eigenvalue weighted by Crippen LogP contribution is 2.23. The zero-order chi connectivity index (χ0) is 21.8. The Hall–Kier alpha value is -3.51. The number of imidazole rings is 1. The van der Waals surface area contributed by atoms with E-state index in [-0.39, 0.29) is 5.82 Å². The van der Waals surface area contributed by atoms with Gasteiger partial charge in [0.15, 0.2) is 0 Å². The Labute approximate surface area is 187 Å². The van der Waals surface area contributed by atoms with Gasteiger partial charge < -0.3 is 9.88 Å². The van der Waals surface area contributed by atoms with E-state index in [4.69, 9.17) is 0 Å². The van der Waals surface area contributed by atoms with Crippen LogP contribution in [0.5, 0.6) is 0 Å². The van der Waals surface area contributed by atoms with Gasteiger partial charge in [0.05, 0.1) is 11.9 Å². The Kier molecular flexibility index (Phi) is 5.94. The van der Waals surface area contributed by atoms with Crippen molar-refractivity contribution in [1.82, 2.24) is 19.9 Å². The van der Waals surface area contributed by atoms with Gasteiger partial charge in [-0.1, -0.05) is 30.3 Å². The minimum atomic E-state index is -0.245. The third kappa shape index (κ3) is 4.70. The maximum Gasteiger partial charge on any atom is 0.139 e. The fourth-order valence-corrected chi connectivity index (χ4v) is 4.09. The number of pyridine rings is 1. The van der Waals surface area contributed by atoms with Crippen molar-refractivity contribution in [2.45, 2.75) is 6.42 Å². The SMILES string of the molecule is Fc1ccc(-c2cnc(-c3ccc(N4CCN(CCc5ccccc5)CC4)nc3)[nH]2)cc1. The quantitative estimate of drug-likeness (QED) is 0.487. The second kappa shape index (κ2) is 9.32. The molecule has 4 aromatic rings. The van der Waals surface area contributed by atoms with Crippen LogP contribution in [-0.4, -0.2) is 52.6 Å². The maximum absolute atomic E-state index is 13.2.